The molecule has 0 aliphatic carbocycles. The van der Waals surface area contributed by atoms with Gasteiger partial charge in [0.05, 0.1) is 29.7 Å². The molecule has 0 spiro atoms. The van der Waals surface area contributed by atoms with Crippen LogP contribution in [0, 0.1) is 6.92 Å². The second-order valence-corrected chi connectivity index (χ2v) is 9.58. The Hall–Kier alpha value is -3.30. The van der Waals surface area contributed by atoms with E-state index in [1.54, 1.807) is 25.6 Å². The highest BCUT2D eigenvalue weighted by atomic mass is 16.6. The number of amides is 1. The lowest BCUT2D eigenvalue weighted by Gasteiger charge is -2.26. The molecule has 34 heavy (non-hydrogen) atoms. The van der Waals surface area contributed by atoms with E-state index in [1.807, 2.05) is 39.8 Å². The maximum absolute atomic E-state index is 13.0. The lowest BCUT2D eigenvalue weighted by atomic mass is 9.95. The molecule has 1 atom stereocenters. The maximum atomic E-state index is 13.0. The summed E-state index contributed by atoms with van der Waals surface area (Å²) < 4.78 is 18.5. The average Bonchev–Trinajstić information content (AvgIpc) is 3.37. The van der Waals surface area contributed by atoms with Crippen LogP contribution in [0.1, 0.15) is 45.4 Å². The van der Waals surface area contributed by atoms with Crippen molar-refractivity contribution in [2.45, 2.75) is 52.2 Å². The van der Waals surface area contributed by atoms with Crippen LogP contribution in [0.4, 0.5) is 10.6 Å². The van der Waals surface area contributed by atoms with E-state index in [0.717, 1.165) is 11.3 Å². The Bertz CT molecular complexity index is 1250. The summed E-state index contributed by atoms with van der Waals surface area (Å²) in [5.41, 5.74) is 2.42. The highest BCUT2D eigenvalue weighted by molar-refractivity contribution is 6.01. The van der Waals surface area contributed by atoms with Gasteiger partial charge in [-0.25, -0.2) is 14.8 Å². The standard InChI is InChI=1S/C25H30N4O5/c1-15-9-19(28-21(10-15)25(32-6)7-8-33-14-25)18-13-29(23(31)34-24(3,4)5)20-12-26-22(11-17(18)20)27-16(2)30/h9-13H,7-8,14H2,1-6H3,(H,26,27,30)/t25-/m0/s1. The number of ether oxygens (including phenoxy) is 3. The fraction of sp³-hybridized carbons (Fsp3) is 0.440. The molecule has 0 bridgehead atoms. The number of fused-ring (bicyclic) bond motifs is 1. The predicted octanol–water partition coefficient (Wildman–Crippen LogP) is 4.41. The summed E-state index contributed by atoms with van der Waals surface area (Å²) in [6.45, 7) is 9.87. The molecule has 1 aliphatic heterocycles. The maximum Gasteiger partial charge on any atom is 0.419 e. The second-order valence-electron chi connectivity index (χ2n) is 9.58. The number of carbonyl (C=O) groups is 2. The first-order chi connectivity index (χ1) is 16.0. The van der Waals surface area contributed by atoms with Crippen LogP contribution < -0.4 is 5.32 Å². The zero-order valence-electron chi connectivity index (χ0n) is 20.4. The van der Waals surface area contributed by atoms with E-state index in [0.29, 0.717) is 47.6 Å². The Morgan fingerprint density at radius 3 is 2.62 bits per heavy atom. The predicted molar refractivity (Wildman–Crippen MR) is 128 cm³/mol. The van der Waals surface area contributed by atoms with Gasteiger partial charge in [-0.2, -0.15) is 0 Å². The number of hydrogen-bond acceptors (Lipinski definition) is 7. The monoisotopic (exact) mass is 466 g/mol. The van der Waals surface area contributed by atoms with Gasteiger partial charge < -0.3 is 19.5 Å². The second kappa shape index (κ2) is 8.81. The van der Waals surface area contributed by atoms with Crippen LogP contribution in [0.2, 0.25) is 0 Å². The highest BCUT2D eigenvalue weighted by Gasteiger charge is 2.38. The van der Waals surface area contributed by atoms with Gasteiger partial charge in [-0.1, -0.05) is 0 Å². The first-order valence-corrected chi connectivity index (χ1v) is 11.2. The van der Waals surface area contributed by atoms with Crippen LogP contribution in [0.3, 0.4) is 0 Å². The summed E-state index contributed by atoms with van der Waals surface area (Å²) in [6.07, 6.45) is 3.43. The van der Waals surface area contributed by atoms with Gasteiger partial charge in [0.15, 0.2) is 0 Å². The van der Waals surface area contributed by atoms with E-state index in [9.17, 15) is 9.59 Å². The van der Waals surface area contributed by atoms with Gasteiger partial charge in [0.25, 0.3) is 0 Å². The molecule has 1 amide bonds. The molecule has 0 saturated carbocycles. The molecule has 180 valence electrons. The number of hydrogen-bond donors (Lipinski definition) is 1. The zero-order valence-corrected chi connectivity index (χ0v) is 20.4. The summed E-state index contributed by atoms with van der Waals surface area (Å²) in [7, 11) is 1.66. The minimum absolute atomic E-state index is 0.237. The van der Waals surface area contributed by atoms with E-state index >= 15 is 0 Å². The third-order valence-corrected chi connectivity index (χ3v) is 5.67. The van der Waals surface area contributed by atoms with Crippen molar-refractivity contribution in [1.82, 2.24) is 14.5 Å². The van der Waals surface area contributed by atoms with Crippen molar-refractivity contribution in [1.29, 1.82) is 0 Å². The minimum atomic E-state index is -0.667. The number of rotatable bonds is 4. The molecule has 1 saturated heterocycles. The number of methoxy groups -OCH3 is 1. The summed E-state index contributed by atoms with van der Waals surface area (Å²) in [5.74, 6) is 0.146. The fourth-order valence-electron chi connectivity index (χ4n) is 4.09. The van der Waals surface area contributed by atoms with Gasteiger partial charge in [-0.15, -0.1) is 0 Å². The van der Waals surface area contributed by atoms with Crippen LogP contribution in [-0.4, -0.2) is 52.5 Å². The fourth-order valence-corrected chi connectivity index (χ4v) is 4.09. The van der Waals surface area contributed by atoms with Gasteiger partial charge in [0.1, 0.15) is 17.0 Å². The van der Waals surface area contributed by atoms with E-state index in [1.165, 1.54) is 11.5 Å². The van der Waals surface area contributed by atoms with E-state index in [4.69, 9.17) is 19.2 Å². The third-order valence-electron chi connectivity index (χ3n) is 5.67. The Kier molecular flexibility index (Phi) is 6.18. The molecular formula is C25H30N4O5. The van der Waals surface area contributed by atoms with Gasteiger partial charge >= 0.3 is 6.09 Å². The van der Waals surface area contributed by atoms with E-state index < -0.39 is 17.3 Å². The molecule has 1 N–H and O–H groups in total. The summed E-state index contributed by atoms with van der Waals surface area (Å²) in [4.78, 5) is 33.9. The van der Waals surface area contributed by atoms with Crippen molar-refractivity contribution in [2.75, 3.05) is 25.6 Å². The van der Waals surface area contributed by atoms with Gasteiger partial charge in [0, 0.05) is 44.2 Å². The molecule has 1 aliphatic rings. The normalized spacial score (nSPS) is 18.3. The smallest absolute Gasteiger partial charge is 0.419 e. The lowest BCUT2D eigenvalue weighted by molar-refractivity contribution is -0.114. The largest absolute Gasteiger partial charge is 0.443 e. The van der Waals surface area contributed by atoms with Crippen molar-refractivity contribution < 1.29 is 23.8 Å². The molecule has 4 rings (SSSR count). The van der Waals surface area contributed by atoms with Crippen molar-refractivity contribution in [3.05, 3.63) is 41.9 Å². The number of pyridine rings is 2. The topological polar surface area (TPSA) is 105 Å². The Morgan fingerprint density at radius 2 is 2.00 bits per heavy atom. The van der Waals surface area contributed by atoms with Crippen LogP contribution in [-0.2, 0) is 24.6 Å². The number of nitrogens with zero attached hydrogens (tertiary/aromatic N) is 3. The van der Waals surface area contributed by atoms with Crippen LogP contribution in [0.25, 0.3) is 22.2 Å². The number of aromatic nitrogens is 3. The first-order valence-electron chi connectivity index (χ1n) is 11.2. The Balaban J connectivity index is 1.90. The van der Waals surface area contributed by atoms with Gasteiger partial charge in [0.2, 0.25) is 5.91 Å². The first kappa shape index (κ1) is 23.8. The number of carbonyl (C=O) groups excluding carboxylic acids is 2. The van der Waals surface area contributed by atoms with Crippen molar-refractivity contribution in [3.63, 3.8) is 0 Å². The number of anilines is 1. The van der Waals surface area contributed by atoms with Crippen molar-refractivity contribution >= 4 is 28.7 Å². The zero-order chi connectivity index (χ0) is 24.7. The molecule has 4 heterocycles. The van der Waals surface area contributed by atoms with E-state index in [-0.39, 0.29) is 5.91 Å². The molecule has 9 nitrogen and oxygen atoms in total. The van der Waals surface area contributed by atoms with Crippen molar-refractivity contribution in [3.8, 4) is 11.3 Å². The third kappa shape index (κ3) is 4.67. The van der Waals surface area contributed by atoms with Crippen LogP contribution in [0.15, 0.2) is 30.6 Å². The Labute approximate surface area is 198 Å². The quantitative estimate of drug-likeness (QED) is 0.607. The lowest BCUT2D eigenvalue weighted by Crippen LogP contribution is -2.30. The summed E-state index contributed by atoms with van der Waals surface area (Å²) in [5, 5.41) is 3.41. The van der Waals surface area contributed by atoms with Gasteiger partial charge in [-0.3, -0.25) is 9.36 Å². The molecule has 0 aromatic carbocycles. The van der Waals surface area contributed by atoms with Crippen molar-refractivity contribution in [2.24, 2.45) is 0 Å². The number of nitrogens with one attached hydrogen (secondary N) is 1. The SMILES string of the molecule is CO[C@@]1(c2cc(C)cc(-c3cn(C(=O)OC(C)(C)C)c4cnc(NC(C)=O)cc34)n2)CCOC1. The average molecular weight is 467 g/mol. The van der Waals surface area contributed by atoms with Gasteiger partial charge in [-0.05, 0) is 51.5 Å². The molecule has 3 aromatic heterocycles. The molecular weight excluding hydrogens is 436 g/mol. The van der Waals surface area contributed by atoms with E-state index in [2.05, 4.69) is 10.3 Å². The number of aryl methyl sites for hydroxylation is 1. The minimum Gasteiger partial charge on any atom is -0.443 e. The Morgan fingerprint density at radius 1 is 1.24 bits per heavy atom. The molecule has 0 unspecified atom stereocenters. The molecule has 0 radical (unpaired) electrons. The molecule has 1 fully saturated rings. The van der Waals surface area contributed by atoms with Crippen LogP contribution >= 0.6 is 0 Å². The van der Waals surface area contributed by atoms with Crippen LogP contribution in [0.5, 0.6) is 0 Å². The summed E-state index contributed by atoms with van der Waals surface area (Å²) >= 11 is 0. The molecule has 3 aromatic rings. The molecule has 9 heteroatoms. The highest BCUT2D eigenvalue weighted by Crippen LogP contribution is 2.37. The summed E-state index contributed by atoms with van der Waals surface area (Å²) in [6, 6.07) is 5.69.